The average molecular weight is 483 g/mol. The number of amides is 2. The van der Waals surface area contributed by atoms with E-state index in [4.69, 9.17) is 9.72 Å². The molecule has 33 heavy (non-hydrogen) atoms. The molecule has 2 aliphatic rings. The Kier molecular flexibility index (Phi) is 8.16. The highest BCUT2D eigenvalue weighted by atomic mass is 32.1. The van der Waals surface area contributed by atoms with Gasteiger partial charge in [-0.2, -0.15) is 0 Å². The molecule has 1 aromatic rings. The van der Waals surface area contributed by atoms with Gasteiger partial charge in [0.2, 0.25) is 5.91 Å². The Labute approximate surface area is 199 Å². The summed E-state index contributed by atoms with van der Waals surface area (Å²) in [6.07, 6.45) is 1.63. The smallest absolute Gasteiger partial charge is 0.252 e. The van der Waals surface area contributed by atoms with Gasteiger partial charge in [-0.15, -0.1) is 11.3 Å². The monoisotopic (exact) mass is 482 g/mol. The fraction of sp³-hybridized carbons (Fsp3) is 0.783. The van der Waals surface area contributed by atoms with E-state index in [0.717, 1.165) is 23.5 Å². The minimum Gasteiger partial charge on any atom is -0.396 e. The number of aromatic nitrogens is 1. The molecule has 1 saturated carbocycles. The van der Waals surface area contributed by atoms with Crippen LogP contribution in [0.2, 0.25) is 0 Å². The van der Waals surface area contributed by atoms with Gasteiger partial charge in [0.25, 0.3) is 5.91 Å². The van der Waals surface area contributed by atoms with Crippen LogP contribution in [0.1, 0.15) is 49.6 Å². The third-order valence-electron chi connectivity index (χ3n) is 7.69. The largest absolute Gasteiger partial charge is 0.396 e. The predicted molar refractivity (Wildman–Crippen MR) is 127 cm³/mol. The summed E-state index contributed by atoms with van der Waals surface area (Å²) in [5.74, 6) is -0.507. The lowest BCUT2D eigenvalue weighted by Gasteiger charge is -2.58. The Morgan fingerprint density at radius 3 is 2.67 bits per heavy atom. The second-order valence-corrected chi connectivity index (χ2v) is 11.3. The van der Waals surface area contributed by atoms with E-state index in [9.17, 15) is 19.8 Å². The highest BCUT2D eigenvalue weighted by molar-refractivity contribution is 7.15. The summed E-state index contributed by atoms with van der Waals surface area (Å²) in [5.41, 5.74) is -0.135. The molecule has 0 spiro atoms. The summed E-state index contributed by atoms with van der Waals surface area (Å²) in [5, 5.41) is 27.4. The molecule has 1 aromatic heterocycles. The number of thiazole rings is 1. The normalized spacial score (nSPS) is 31.1. The number of hydrogen-bond acceptors (Lipinski definition) is 8. The van der Waals surface area contributed by atoms with Gasteiger partial charge in [-0.25, -0.2) is 4.98 Å². The first-order valence-electron chi connectivity index (χ1n) is 11.5. The molecule has 4 N–H and O–H groups in total. The van der Waals surface area contributed by atoms with E-state index in [-0.39, 0.29) is 48.7 Å². The second kappa shape index (κ2) is 10.4. The Morgan fingerprint density at radius 2 is 2.03 bits per heavy atom. The van der Waals surface area contributed by atoms with E-state index in [0.29, 0.717) is 24.5 Å². The van der Waals surface area contributed by atoms with Gasteiger partial charge < -0.3 is 25.2 Å². The first-order chi connectivity index (χ1) is 15.5. The number of aliphatic hydroxyl groups excluding tert-OH is 2. The maximum absolute atomic E-state index is 12.9. The Bertz CT molecular complexity index is 862. The summed E-state index contributed by atoms with van der Waals surface area (Å²) in [4.78, 5) is 32.8. The van der Waals surface area contributed by atoms with Crippen LogP contribution in [0.5, 0.6) is 0 Å². The van der Waals surface area contributed by atoms with Crippen molar-refractivity contribution in [2.24, 2.45) is 16.7 Å². The number of rotatable bonds is 9. The molecule has 0 aliphatic heterocycles. The lowest BCUT2D eigenvalue weighted by Crippen LogP contribution is -2.57. The highest BCUT2D eigenvalue weighted by Gasteiger charge is 2.59. The van der Waals surface area contributed by atoms with Crippen molar-refractivity contribution in [2.45, 2.75) is 51.6 Å². The number of carbonyl (C=O) groups is 2. The topological polar surface area (TPSA) is 124 Å². The number of carbonyl (C=O) groups excluding carboxylic acids is 2. The van der Waals surface area contributed by atoms with Crippen molar-refractivity contribution in [3.8, 4) is 0 Å². The molecular weight excluding hydrogens is 444 g/mol. The number of aliphatic hydroxyl groups is 2. The predicted octanol–water partition coefficient (Wildman–Crippen LogP) is 1.21. The average Bonchev–Trinajstić information content (AvgIpc) is 3.14. The number of methoxy groups -OCH3 is 1. The minimum atomic E-state index is -0.673. The van der Waals surface area contributed by atoms with Gasteiger partial charge in [0.05, 0.1) is 18.4 Å². The molecule has 10 heteroatoms. The number of nitrogens with one attached hydrogen (secondary N) is 2. The summed E-state index contributed by atoms with van der Waals surface area (Å²) >= 11 is 1.41. The van der Waals surface area contributed by atoms with Crippen LogP contribution >= 0.6 is 11.3 Å². The summed E-state index contributed by atoms with van der Waals surface area (Å²) in [7, 11) is 5.38. The van der Waals surface area contributed by atoms with Crippen molar-refractivity contribution in [3.05, 3.63) is 10.6 Å². The molecule has 9 nitrogen and oxygen atoms in total. The molecule has 5 atom stereocenters. The highest BCUT2D eigenvalue weighted by Crippen LogP contribution is 2.62. The van der Waals surface area contributed by atoms with Gasteiger partial charge in [-0.05, 0) is 44.7 Å². The van der Waals surface area contributed by atoms with Crippen molar-refractivity contribution >= 4 is 28.3 Å². The fourth-order valence-electron chi connectivity index (χ4n) is 5.66. The SMILES string of the molecule is COCC(=O)Nc1nc2c(s1)CC1C(C)(CO)C(O)CCC1(C)C2CC(=O)NCCN(C)C. The zero-order valence-electron chi connectivity index (χ0n) is 20.3. The number of ether oxygens (including phenoxy) is 1. The van der Waals surface area contributed by atoms with Crippen LogP contribution in [-0.2, 0) is 20.7 Å². The maximum Gasteiger partial charge on any atom is 0.252 e. The lowest BCUT2D eigenvalue weighted by atomic mass is 9.47. The van der Waals surface area contributed by atoms with E-state index in [1.807, 2.05) is 25.9 Å². The van der Waals surface area contributed by atoms with Crippen molar-refractivity contribution in [2.75, 3.05) is 52.8 Å². The minimum absolute atomic E-state index is 0.0196. The number of anilines is 1. The lowest BCUT2D eigenvalue weighted by molar-refractivity contribution is -0.144. The van der Waals surface area contributed by atoms with E-state index in [1.165, 1.54) is 18.4 Å². The van der Waals surface area contributed by atoms with E-state index in [1.54, 1.807) is 0 Å². The van der Waals surface area contributed by atoms with Crippen LogP contribution in [0.25, 0.3) is 0 Å². The van der Waals surface area contributed by atoms with Gasteiger partial charge in [0.15, 0.2) is 5.13 Å². The molecule has 2 amide bonds. The van der Waals surface area contributed by atoms with Crippen molar-refractivity contribution in [1.82, 2.24) is 15.2 Å². The van der Waals surface area contributed by atoms with Crippen molar-refractivity contribution in [1.29, 1.82) is 0 Å². The molecule has 0 bridgehead atoms. The van der Waals surface area contributed by atoms with E-state index in [2.05, 4.69) is 17.6 Å². The molecule has 186 valence electrons. The van der Waals surface area contributed by atoms with E-state index >= 15 is 0 Å². The molecule has 1 heterocycles. The third-order valence-corrected chi connectivity index (χ3v) is 8.70. The number of likely N-dealkylation sites (N-methyl/N-ethyl adjacent to an activating group) is 1. The molecule has 0 aromatic carbocycles. The van der Waals surface area contributed by atoms with Gasteiger partial charge in [0.1, 0.15) is 6.61 Å². The van der Waals surface area contributed by atoms with Gasteiger partial charge in [0, 0.05) is 42.8 Å². The standard InChI is InChI=1S/C23H38N4O5S/c1-22-7-6-17(29)23(2,13-28)16(22)11-15-20(26-21(33-15)25-19(31)12-32-5)14(22)10-18(30)24-8-9-27(3)4/h14,16-17,28-29H,6-13H2,1-5H3,(H,24,30)(H,25,26,31). The number of nitrogens with zero attached hydrogens (tertiary/aromatic N) is 2. The Balaban J connectivity index is 1.94. The van der Waals surface area contributed by atoms with Crippen LogP contribution in [0, 0.1) is 16.7 Å². The van der Waals surface area contributed by atoms with Gasteiger partial charge >= 0.3 is 0 Å². The van der Waals surface area contributed by atoms with Gasteiger partial charge in [-0.3, -0.25) is 14.9 Å². The van der Waals surface area contributed by atoms with E-state index < -0.39 is 11.5 Å². The fourth-order valence-corrected chi connectivity index (χ4v) is 6.75. The molecule has 0 saturated heterocycles. The first kappa shape index (κ1) is 26.0. The zero-order chi connectivity index (χ0) is 24.4. The Morgan fingerprint density at radius 1 is 1.30 bits per heavy atom. The molecular formula is C23H38N4O5S. The summed E-state index contributed by atoms with van der Waals surface area (Å²) in [6, 6.07) is 0. The molecule has 5 unspecified atom stereocenters. The molecule has 0 radical (unpaired) electrons. The van der Waals surface area contributed by atoms with Crippen LogP contribution < -0.4 is 10.6 Å². The number of fused-ring (bicyclic) bond motifs is 2. The number of hydrogen-bond donors (Lipinski definition) is 4. The summed E-state index contributed by atoms with van der Waals surface area (Å²) < 4.78 is 4.91. The van der Waals surface area contributed by atoms with Crippen LogP contribution in [0.4, 0.5) is 5.13 Å². The van der Waals surface area contributed by atoms with Crippen LogP contribution in [-0.4, -0.2) is 85.5 Å². The quantitative estimate of drug-likeness (QED) is 0.417. The first-order valence-corrected chi connectivity index (χ1v) is 12.4. The second-order valence-electron chi connectivity index (χ2n) is 10.2. The molecule has 3 rings (SSSR count). The zero-order valence-corrected chi connectivity index (χ0v) is 21.1. The Hall–Kier alpha value is -1.59. The van der Waals surface area contributed by atoms with Crippen LogP contribution in [0.3, 0.4) is 0 Å². The maximum atomic E-state index is 12.9. The van der Waals surface area contributed by atoms with Crippen LogP contribution in [0.15, 0.2) is 0 Å². The summed E-state index contributed by atoms with van der Waals surface area (Å²) in [6.45, 7) is 5.25. The van der Waals surface area contributed by atoms with Gasteiger partial charge in [-0.1, -0.05) is 13.8 Å². The van der Waals surface area contributed by atoms with Crippen molar-refractivity contribution in [3.63, 3.8) is 0 Å². The molecule has 2 aliphatic carbocycles. The van der Waals surface area contributed by atoms with Crippen molar-refractivity contribution < 1.29 is 24.5 Å². The third kappa shape index (κ3) is 5.24. The molecule has 1 fully saturated rings.